The molecule has 170 valence electrons. The lowest BCUT2D eigenvalue weighted by atomic mass is 10.1. The minimum absolute atomic E-state index is 0.0613. The van der Waals surface area contributed by atoms with Gasteiger partial charge in [-0.2, -0.15) is 0 Å². The minimum Gasteiger partial charge on any atom is -0.486 e. The van der Waals surface area contributed by atoms with Crippen LogP contribution in [0.15, 0.2) is 53.0 Å². The molecule has 8 nitrogen and oxygen atoms in total. The Morgan fingerprint density at radius 2 is 1.97 bits per heavy atom. The number of aromatic nitrogens is 3. The number of para-hydroxylation sites is 1. The number of hydrogen-bond donors (Lipinski definition) is 2. The van der Waals surface area contributed by atoms with Gasteiger partial charge in [-0.1, -0.05) is 49.9 Å². The van der Waals surface area contributed by atoms with Crippen LogP contribution in [0.1, 0.15) is 31.0 Å². The Hall–Kier alpha value is -2.85. The highest BCUT2D eigenvalue weighted by Crippen LogP contribution is 2.20. The van der Waals surface area contributed by atoms with Crippen LogP contribution in [0.2, 0.25) is 0 Å². The van der Waals surface area contributed by atoms with Crippen molar-refractivity contribution in [3.05, 3.63) is 58.5 Å². The molecule has 0 aliphatic carbocycles. The monoisotopic (exact) mass is 473 g/mol. The Labute approximate surface area is 195 Å². The first-order valence-corrected chi connectivity index (χ1v) is 12.2. The number of urea groups is 1. The summed E-state index contributed by atoms with van der Waals surface area (Å²) in [5.74, 6) is 1.64. The zero-order valence-electron chi connectivity index (χ0n) is 18.1. The largest absolute Gasteiger partial charge is 0.486 e. The van der Waals surface area contributed by atoms with Gasteiger partial charge >= 0.3 is 6.03 Å². The van der Waals surface area contributed by atoms with Gasteiger partial charge in [-0.15, -0.1) is 21.5 Å². The van der Waals surface area contributed by atoms with Gasteiger partial charge in [-0.3, -0.25) is 10.1 Å². The highest BCUT2D eigenvalue weighted by atomic mass is 32.2. The topological polar surface area (TPSA) is 98.1 Å². The molecule has 0 saturated carbocycles. The molecule has 2 heterocycles. The smallest absolute Gasteiger partial charge is 0.321 e. The second-order valence-electron chi connectivity index (χ2n) is 7.43. The molecule has 0 bridgehead atoms. The first-order chi connectivity index (χ1) is 15.5. The molecule has 1 aromatic carbocycles. The van der Waals surface area contributed by atoms with E-state index in [0.717, 1.165) is 23.6 Å². The lowest BCUT2D eigenvalue weighted by Crippen LogP contribution is -2.39. The summed E-state index contributed by atoms with van der Waals surface area (Å²) in [4.78, 5) is 25.2. The maximum Gasteiger partial charge on any atom is 0.321 e. The fourth-order valence-corrected chi connectivity index (χ4v) is 4.15. The van der Waals surface area contributed by atoms with Crippen LogP contribution in [-0.2, 0) is 24.5 Å². The number of ether oxygens (including phenoxy) is 1. The zero-order chi connectivity index (χ0) is 22.8. The molecule has 0 radical (unpaired) electrons. The SMILES string of the molecule is CC(C)CCn1c(COc2ccccc2)nnc1SCC(=O)NC(=O)NCc1cccs1. The molecular formula is C22H27N5O3S2. The first kappa shape index (κ1) is 23.8. The quantitative estimate of drug-likeness (QED) is 0.407. The van der Waals surface area contributed by atoms with Crippen molar-refractivity contribution in [1.29, 1.82) is 0 Å². The molecule has 2 N–H and O–H groups in total. The molecule has 0 aliphatic rings. The summed E-state index contributed by atoms with van der Waals surface area (Å²) in [6.45, 7) is 5.70. The van der Waals surface area contributed by atoms with Crippen molar-refractivity contribution in [2.45, 2.75) is 45.1 Å². The van der Waals surface area contributed by atoms with Crippen molar-refractivity contribution >= 4 is 35.0 Å². The maximum atomic E-state index is 12.2. The van der Waals surface area contributed by atoms with E-state index in [1.165, 1.54) is 11.8 Å². The second-order valence-corrected chi connectivity index (χ2v) is 9.41. The lowest BCUT2D eigenvalue weighted by molar-refractivity contribution is -0.117. The van der Waals surface area contributed by atoms with Gasteiger partial charge in [-0.25, -0.2) is 4.79 Å². The Morgan fingerprint density at radius 3 is 2.69 bits per heavy atom. The van der Waals surface area contributed by atoms with E-state index in [-0.39, 0.29) is 18.3 Å². The third-order valence-corrected chi connectivity index (χ3v) is 6.27. The number of nitrogens with one attached hydrogen (secondary N) is 2. The highest BCUT2D eigenvalue weighted by molar-refractivity contribution is 7.99. The van der Waals surface area contributed by atoms with Crippen LogP contribution in [0.4, 0.5) is 4.79 Å². The number of thioether (sulfide) groups is 1. The molecular weight excluding hydrogens is 446 g/mol. The lowest BCUT2D eigenvalue weighted by Gasteiger charge is -2.12. The zero-order valence-corrected chi connectivity index (χ0v) is 19.7. The number of carbonyl (C=O) groups is 2. The van der Waals surface area contributed by atoms with Crippen molar-refractivity contribution in [2.24, 2.45) is 5.92 Å². The normalized spacial score (nSPS) is 10.8. The molecule has 3 aromatic rings. The number of hydrogen-bond acceptors (Lipinski definition) is 7. The number of amides is 3. The van der Waals surface area contributed by atoms with Crippen LogP contribution in [0.5, 0.6) is 5.75 Å². The number of rotatable bonds is 11. The van der Waals surface area contributed by atoms with Crippen molar-refractivity contribution in [2.75, 3.05) is 5.75 Å². The van der Waals surface area contributed by atoms with E-state index in [0.29, 0.717) is 23.4 Å². The molecule has 0 saturated heterocycles. The average Bonchev–Trinajstić information content (AvgIpc) is 3.44. The Morgan fingerprint density at radius 1 is 1.16 bits per heavy atom. The summed E-state index contributed by atoms with van der Waals surface area (Å²) in [5.41, 5.74) is 0. The van der Waals surface area contributed by atoms with E-state index >= 15 is 0 Å². The summed E-state index contributed by atoms with van der Waals surface area (Å²) < 4.78 is 7.81. The number of imide groups is 1. The standard InChI is InChI=1S/C22H27N5O3S2/c1-16(2)10-11-27-19(14-30-17-7-4-3-5-8-17)25-26-22(27)32-15-20(28)24-21(29)23-13-18-9-6-12-31-18/h3-9,12,16H,10-11,13-15H2,1-2H3,(H2,23,24,28,29). The van der Waals surface area contributed by atoms with Crippen molar-refractivity contribution < 1.29 is 14.3 Å². The molecule has 3 amide bonds. The molecule has 32 heavy (non-hydrogen) atoms. The third-order valence-electron chi connectivity index (χ3n) is 4.42. The van der Waals surface area contributed by atoms with Gasteiger partial charge in [0.1, 0.15) is 12.4 Å². The first-order valence-electron chi connectivity index (χ1n) is 10.3. The van der Waals surface area contributed by atoms with E-state index in [1.54, 1.807) is 11.3 Å². The summed E-state index contributed by atoms with van der Waals surface area (Å²) >= 11 is 2.80. The molecule has 0 unspecified atom stereocenters. The maximum absolute atomic E-state index is 12.2. The molecule has 0 fully saturated rings. The number of carbonyl (C=O) groups excluding carboxylic acids is 2. The van der Waals surface area contributed by atoms with Gasteiger partial charge in [0.15, 0.2) is 11.0 Å². The van der Waals surface area contributed by atoms with E-state index < -0.39 is 6.03 Å². The number of thiophene rings is 1. The van der Waals surface area contributed by atoms with Crippen LogP contribution in [0, 0.1) is 5.92 Å². The minimum atomic E-state index is -0.512. The van der Waals surface area contributed by atoms with E-state index in [4.69, 9.17) is 4.74 Å². The Kier molecular flexibility index (Phi) is 9.12. The van der Waals surface area contributed by atoms with Crippen LogP contribution in [0.25, 0.3) is 0 Å². The Balaban J connectivity index is 1.53. The van der Waals surface area contributed by atoms with Gasteiger partial charge < -0.3 is 14.6 Å². The summed E-state index contributed by atoms with van der Waals surface area (Å²) in [5, 5.41) is 16.1. The van der Waals surface area contributed by atoms with Crippen LogP contribution in [-0.4, -0.2) is 32.5 Å². The molecule has 3 rings (SSSR count). The summed E-state index contributed by atoms with van der Waals surface area (Å²) in [6, 6.07) is 12.9. The third kappa shape index (κ3) is 7.69. The van der Waals surface area contributed by atoms with Gasteiger partial charge in [0, 0.05) is 11.4 Å². The number of benzene rings is 1. The van der Waals surface area contributed by atoms with Crippen LogP contribution < -0.4 is 15.4 Å². The van der Waals surface area contributed by atoms with Crippen molar-refractivity contribution in [1.82, 2.24) is 25.4 Å². The van der Waals surface area contributed by atoms with Crippen molar-refractivity contribution in [3.63, 3.8) is 0 Å². The molecule has 0 aliphatic heterocycles. The molecule has 2 aromatic heterocycles. The molecule has 0 atom stereocenters. The predicted octanol–water partition coefficient (Wildman–Crippen LogP) is 4.08. The fourth-order valence-electron chi connectivity index (χ4n) is 2.73. The van der Waals surface area contributed by atoms with Gasteiger partial charge in [0.25, 0.3) is 0 Å². The van der Waals surface area contributed by atoms with Crippen LogP contribution >= 0.6 is 23.1 Å². The molecule has 10 heteroatoms. The van der Waals surface area contributed by atoms with Gasteiger partial charge in [-0.05, 0) is 35.9 Å². The van der Waals surface area contributed by atoms with Crippen molar-refractivity contribution in [3.8, 4) is 5.75 Å². The Bertz CT molecular complexity index is 990. The predicted molar refractivity (Wildman–Crippen MR) is 126 cm³/mol. The highest BCUT2D eigenvalue weighted by Gasteiger charge is 2.16. The number of nitrogens with zero attached hydrogens (tertiary/aromatic N) is 3. The second kappa shape index (κ2) is 12.3. The summed E-state index contributed by atoms with van der Waals surface area (Å²) in [6.07, 6.45) is 0.946. The van der Waals surface area contributed by atoms with E-state index in [9.17, 15) is 9.59 Å². The summed E-state index contributed by atoms with van der Waals surface area (Å²) in [7, 11) is 0. The van der Waals surface area contributed by atoms with Gasteiger partial charge in [0.2, 0.25) is 5.91 Å². The van der Waals surface area contributed by atoms with E-state index in [1.807, 2.05) is 52.4 Å². The fraction of sp³-hybridized carbons (Fsp3) is 0.364. The van der Waals surface area contributed by atoms with Gasteiger partial charge in [0.05, 0.1) is 12.3 Å². The average molecular weight is 474 g/mol. The molecule has 0 spiro atoms. The van der Waals surface area contributed by atoms with E-state index in [2.05, 4.69) is 34.7 Å². The van der Waals surface area contributed by atoms with Crippen LogP contribution in [0.3, 0.4) is 0 Å².